The van der Waals surface area contributed by atoms with Crippen molar-refractivity contribution < 1.29 is 4.79 Å². The van der Waals surface area contributed by atoms with E-state index < -0.39 is 0 Å². The smallest absolute Gasteiger partial charge is 0.253 e. The number of hydrogen-bond donors (Lipinski definition) is 2. The van der Waals surface area contributed by atoms with Gasteiger partial charge in [0.2, 0.25) is 5.95 Å². The van der Waals surface area contributed by atoms with E-state index in [1.807, 2.05) is 4.90 Å². The van der Waals surface area contributed by atoms with Crippen molar-refractivity contribution in [1.82, 2.24) is 14.9 Å². The molecule has 3 rings (SSSR count). The number of likely N-dealkylation sites (tertiary alicyclic amines) is 1. The largest absolute Gasteiger partial charge is 0.399 e. The summed E-state index contributed by atoms with van der Waals surface area (Å²) in [6.45, 7) is 1.32. The second-order valence-corrected chi connectivity index (χ2v) is 5.66. The number of hydrogen-bond acceptors (Lipinski definition) is 5. The molecule has 7 heteroatoms. The first-order valence-corrected chi connectivity index (χ1v) is 7.38. The highest BCUT2D eigenvalue weighted by Gasteiger charge is 2.27. The van der Waals surface area contributed by atoms with E-state index in [9.17, 15) is 4.79 Å². The number of aromatic nitrogens is 2. The van der Waals surface area contributed by atoms with Gasteiger partial charge in [-0.25, -0.2) is 9.97 Å². The van der Waals surface area contributed by atoms with Crippen LogP contribution in [0, 0.1) is 0 Å². The van der Waals surface area contributed by atoms with E-state index in [2.05, 4.69) is 15.3 Å². The summed E-state index contributed by atoms with van der Waals surface area (Å²) in [7, 11) is 0. The second kappa shape index (κ2) is 6.19. The van der Waals surface area contributed by atoms with Gasteiger partial charge < -0.3 is 16.0 Å². The van der Waals surface area contributed by atoms with Crippen LogP contribution in [0.3, 0.4) is 0 Å². The molecule has 1 unspecified atom stereocenters. The first-order chi connectivity index (χ1) is 10.6. The molecule has 0 spiro atoms. The number of carbonyl (C=O) groups excluding carboxylic acids is 1. The fourth-order valence-corrected chi connectivity index (χ4v) is 2.54. The normalized spacial score (nSPS) is 17.5. The molecule has 1 saturated heterocycles. The third kappa shape index (κ3) is 3.28. The number of anilines is 2. The van der Waals surface area contributed by atoms with Gasteiger partial charge in [-0.1, -0.05) is 11.6 Å². The van der Waals surface area contributed by atoms with Gasteiger partial charge in [0.05, 0.1) is 17.4 Å². The molecule has 2 heterocycles. The van der Waals surface area contributed by atoms with Crippen LogP contribution in [-0.4, -0.2) is 39.9 Å². The average Bonchev–Trinajstić information content (AvgIpc) is 2.98. The van der Waals surface area contributed by atoms with Crippen LogP contribution in [0.2, 0.25) is 5.02 Å². The van der Waals surface area contributed by atoms with E-state index >= 15 is 0 Å². The summed E-state index contributed by atoms with van der Waals surface area (Å²) >= 11 is 5.76. The maximum Gasteiger partial charge on any atom is 0.253 e. The molecule has 1 aromatic carbocycles. The third-order valence-corrected chi connectivity index (χ3v) is 3.78. The lowest BCUT2D eigenvalue weighted by Gasteiger charge is -2.17. The van der Waals surface area contributed by atoms with Crippen LogP contribution in [-0.2, 0) is 0 Å². The molecule has 1 atom stereocenters. The quantitative estimate of drug-likeness (QED) is 0.846. The molecule has 1 fully saturated rings. The summed E-state index contributed by atoms with van der Waals surface area (Å²) < 4.78 is 0. The third-order valence-electron chi connectivity index (χ3n) is 3.59. The minimum absolute atomic E-state index is 0.0151. The van der Waals surface area contributed by atoms with Crippen molar-refractivity contribution in [3.8, 4) is 0 Å². The molecule has 3 N–H and O–H groups in total. The van der Waals surface area contributed by atoms with Gasteiger partial charge in [-0.3, -0.25) is 4.79 Å². The Morgan fingerprint density at radius 1 is 1.27 bits per heavy atom. The van der Waals surface area contributed by atoms with E-state index in [0.29, 0.717) is 35.3 Å². The average molecular weight is 318 g/mol. The summed E-state index contributed by atoms with van der Waals surface area (Å²) in [5.74, 6) is 0.539. The fourth-order valence-electron chi connectivity index (χ4n) is 2.44. The van der Waals surface area contributed by atoms with Crippen molar-refractivity contribution in [1.29, 1.82) is 0 Å². The molecule has 114 valence electrons. The van der Waals surface area contributed by atoms with Crippen LogP contribution in [0.1, 0.15) is 16.8 Å². The van der Waals surface area contributed by atoms with Gasteiger partial charge >= 0.3 is 0 Å². The number of nitrogen functional groups attached to an aromatic ring is 1. The monoisotopic (exact) mass is 317 g/mol. The molecule has 1 aliphatic heterocycles. The van der Waals surface area contributed by atoms with Crippen LogP contribution < -0.4 is 11.1 Å². The predicted molar refractivity (Wildman–Crippen MR) is 85.8 cm³/mol. The molecular weight excluding hydrogens is 302 g/mol. The van der Waals surface area contributed by atoms with E-state index in [-0.39, 0.29) is 11.9 Å². The Kier molecular flexibility index (Phi) is 4.11. The van der Waals surface area contributed by atoms with Gasteiger partial charge in [-0.2, -0.15) is 0 Å². The van der Waals surface area contributed by atoms with Gasteiger partial charge in [0, 0.05) is 30.4 Å². The van der Waals surface area contributed by atoms with Crippen molar-refractivity contribution >= 4 is 29.1 Å². The zero-order chi connectivity index (χ0) is 15.5. The maximum atomic E-state index is 12.4. The Morgan fingerprint density at radius 2 is 1.95 bits per heavy atom. The van der Waals surface area contributed by atoms with E-state index in [4.69, 9.17) is 17.3 Å². The number of halogens is 1. The molecule has 1 aromatic heterocycles. The standard InChI is InChI=1S/C15H16ClN5O/c16-11-7-18-15(19-8-11)20-13-5-6-21(9-13)14(22)10-1-3-12(17)4-2-10/h1-4,7-8,13H,5-6,9,17H2,(H,18,19,20). The molecule has 22 heavy (non-hydrogen) atoms. The summed E-state index contributed by atoms with van der Waals surface area (Å²) in [6, 6.07) is 7.11. The molecular formula is C15H16ClN5O. The number of amides is 1. The lowest BCUT2D eigenvalue weighted by atomic mass is 10.2. The molecule has 1 aliphatic rings. The maximum absolute atomic E-state index is 12.4. The van der Waals surface area contributed by atoms with Gasteiger partial charge in [-0.05, 0) is 30.7 Å². The molecule has 0 aliphatic carbocycles. The van der Waals surface area contributed by atoms with Gasteiger partial charge in [-0.15, -0.1) is 0 Å². The summed E-state index contributed by atoms with van der Waals surface area (Å²) in [5.41, 5.74) is 6.94. The SMILES string of the molecule is Nc1ccc(C(=O)N2CCC(Nc3ncc(Cl)cn3)C2)cc1. The summed E-state index contributed by atoms with van der Waals surface area (Å²) in [4.78, 5) is 22.4. The Hall–Kier alpha value is -2.34. The van der Waals surface area contributed by atoms with Crippen molar-refractivity contribution in [2.45, 2.75) is 12.5 Å². The van der Waals surface area contributed by atoms with Crippen LogP contribution in [0.15, 0.2) is 36.7 Å². The van der Waals surface area contributed by atoms with Crippen LogP contribution >= 0.6 is 11.6 Å². The fraction of sp³-hybridized carbons (Fsp3) is 0.267. The zero-order valence-corrected chi connectivity index (χ0v) is 12.6. The minimum atomic E-state index is 0.0151. The van der Waals surface area contributed by atoms with Gasteiger partial charge in [0.1, 0.15) is 0 Å². The van der Waals surface area contributed by atoms with Gasteiger partial charge in [0.15, 0.2) is 0 Å². The molecule has 2 aromatic rings. The molecule has 0 saturated carbocycles. The highest BCUT2D eigenvalue weighted by atomic mass is 35.5. The van der Waals surface area contributed by atoms with Crippen molar-refractivity contribution in [2.75, 3.05) is 24.1 Å². The first kappa shape index (κ1) is 14.6. The highest BCUT2D eigenvalue weighted by molar-refractivity contribution is 6.30. The van der Waals surface area contributed by atoms with E-state index in [1.54, 1.807) is 36.7 Å². The predicted octanol–water partition coefficient (Wildman–Crippen LogP) is 2.04. The number of benzene rings is 1. The number of nitrogens with one attached hydrogen (secondary N) is 1. The Labute approximate surface area is 133 Å². The second-order valence-electron chi connectivity index (χ2n) is 5.23. The number of rotatable bonds is 3. The molecule has 0 radical (unpaired) electrons. The summed E-state index contributed by atoms with van der Waals surface area (Å²) in [6.07, 6.45) is 3.94. The van der Waals surface area contributed by atoms with E-state index in [1.165, 1.54) is 0 Å². The molecule has 1 amide bonds. The van der Waals surface area contributed by atoms with Crippen LogP contribution in [0.25, 0.3) is 0 Å². The lowest BCUT2D eigenvalue weighted by molar-refractivity contribution is 0.0791. The van der Waals surface area contributed by atoms with E-state index in [0.717, 1.165) is 6.42 Å². The number of nitrogens with two attached hydrogens (primary N) is 1. The molecule has 0 bridgehead atoms. The number of nitrogens with zero attached hydrogens (tertiary/aromatic N) is 3. The van der Waals surface area contributed by atoms with Gasteiger partial charge in [0.25, 0.3) is 5.91 Å². The van der Waals surface area contributed by atoms with Crippen molar-refractivity contribution in [2.24, 2.45) is 0 Å². The van der Waals surface area contributed by atoms with Crippen LogP contribution in [0.4, 0.5) is 11.6 Å². The lowest BCUT2D eigenvalue weighted by Crippen LogP contribution is -2.31. The summed E-state index contributed by atoms with van der Waals surface area (Å²) in [5, 5.41) is 3.72. The Balaban J connectivity index is 1.61. The Morgan fingerprint density at radius 3 is 2.64 bits per heavy atom. The number of carbonyl (C=O) groups is 1. The zero-order valence-electron chi connectivity index (χ0n) is 11.9. The minimum Gasteiger partial charge on any atom is -0.399 e. The van der Waals surface area contributed by atoms with Crippen molar-refractivity contribution in [3.05, 3.63) is 47.2 Å². The van der Waals surface area contributed by atoms with Crippen molar-refractivity contribution in [3.63, 3.8) is 0 Å². The molecule has 6 nitrogen and oxygen atoms in total. The Bertz CT molecular complexity index is 659. The van der Waals surface area contributed by atoms with Crippen LogP contribution in [0.5, 0.6) is 0 Å². The topological polar surface area (TPSA) is 84.1 Å². The first-order valence-electron chi connectivity index (χ1n) is 7.01. The highest BCUT2D eigenvalue weighted by Crippen LogP contribution is 2.17.